The first-order valence-corrected chi connectivity index (χ1v) is 11.5. The van der Waals surface area contributed by atoms with Crippen molar-refractivity contribution in [1.29, 1.82) is 0 Å². The number of carbonyl (C=O) groups excluding carboxylic acids is 2. The Labute approximate surface area is 191 Å². The van der Waals surface area contributed by atoms with E-state index >= 15 is 0 Å². The molecule has 1 amide bonds. The van der Waals surface area contributed by atoms with Gasteiger partial charge < -0.3 is 10.1 Å². The van der Waals surface area contributed by atoms with Crippen LogP contribution in [0.2, 0.25) is 0 Å². The minimum Gasteiger partial charge on any atom is -0.466 e. The van der Waals surface area contributed by atoms with Crippen LogP contribution in [-0.4, -0.2) is 40.3 Å². The van der Waals surface area contributed by atoms with Crippen LogP contribution < -0.4 is 10.9 Å². The third-order valence-corrected chi connectivity index (χ3v) is 5.95. The van der Waals surface area contributed by atoms with Crippen molar-refractivity contribution < 1.29 is 14.3 Å². The highest BCUT2D eigenvalue weighted by Crippen LogP contribution is 2.22. The molecule has 1 heterocycles. The van der Waals surface area contributed by atoms with E-state index in [4.69, 9.17) is 4.74 Å². The van der Waals surface area contributed by atoms with Crippen molar-refractivity contribution in [2.24, 2.45) is 0 Å². The normalized spacial score (nSPS) is 10.8. The second kappa shape index (κ2) is 10.9. The number of rotatable bonds is 9. The number of fused-ring (bicyclic) bond motifs is 1. The number of benzene rings is 2. The van der Waals surface area contributed by atoms with Crippen molar-refractivity contribution in [1.82, 2.24) is 14.9 Å². The highest BCUT2D eigenvalue weighted by Gasteiger charge is 2.15. The summed E-state index contributed by atoms with van der Waals surface area (Å²) in [5.41, 5.74) is 3.34. The molecule has 0 aliphatic rings. The van der Waals surface area contributed by atoms with Crippen LogP contribution in [-0.2, 0) is 14.3 Å². The lowest BCUT2D eigenvalue weighted by Gasteiger charge is -2.14. The Morgan fingerprint density at radius 2 is 1.91 bits per heavy atom. The molecule has 0 saturated carbocycles. The minimum absolute atomic E-state index is 0.106. The van der Waals surface area contributed by atoms with Crippen LogP contribution >= 0.6 is 11.8 Å². The van der Waals surface area contributed by atoms with Crippen LogP contribution in [0, 0.1) is 13.8 Å². The summed E-state index contributed by atoms with van der Waals surface area (Å²) >= 11 is 1.21. The lowest BCUT2D eigenvalue weighted by atomic mass is 10.1. The van der Waals surface area contributed by atoms with E-state index in [0.717, 1.165) is 11.1 Å². The molecule has 3 rings (SSSR count). The summed E-state index contributed by atoms with van der Waals surface area (Å²) in [7, 11) is 0. The lowest BCUT2D eigenvalue weighted by molar-refractivity contribution is -0.143. The number of amides is 1. The van der Waals surface area contributed by atoms with Gasteiger partial charge in [-0.2, -0.15) is 0 Å². The van der Waals surface area contributed by atoms with E-state index in [1.807, 2.05) is 44.2 Å². The molecule has 0 spiro atoms. The lowest BCUT2D eigenvalue weighted by Crippen LogP contribution is -2.27. The number of hydrogen-bond acceptors (Lipinski definition) is 6. The fraction of sp³-hybridized carbons (Fsp3) is 0.333. The number of nitrogens with zero attached hydrogens (tertiary/aromatic N) is 2. The molecule has 0 atom stereocenters. The van der Waals surface area contributed by atoms with Crippen molar-refractivity contribution in [2.45, 2.75) is 38.8 Å². The van der Waals surface area contributed by atoms with E-state index in [1.54, 1.807) is 23.6 Å². The van der Waals surface area contributed by atoms with Crippen molar-refractivity contribution in [2.75, 3.05) is 18.9 Å². The van der Waals surface area contributed by atoms with Crippen molar-refractivity contribution >= 4 is 34.5 Å². The second-order valence-corrected chi connectivity index (χ2v) is 8.31. The van der Waals surface area contributed by atoms with E-state index in [-0.39, 0.29) is 29.6 Å². The summed E-state index contributed by atoms with van der Waals surface area (Å²) in [6.07, 6.45) is 0.774. The summed E-state index contributed by atoms with van der Waals surface area (Å²) in [6.45, 7) is 6.50. The molecule has 3 aromatic rings. The summed E-state index contributed by atoms with van der Waals surface area (Å²) in [5.74, 6) is -0.350. The number of nitrogens with one attached hydrogen (secondary N) is 1. The molecule has 8 heteroatoms. The van der Waals surface area contributed by atoms with Crippen molar-refractivity contribution in [3.8, 4) is 5.69 Å². The Morgan fingerprint density at radius 3 is 2.66 bits per heavy atom. The highest BCUT2D eigenvalue weighted by molar-refractivity contribution is 7.99. The van der Waals surface area contributed by atoms with Gasteiger partial charge in [0.2, 0.25) is 5.91 Å². The molecule has 0 saturated heterocycles. The van der Waals surface area contributed by atoms with Crippen LogP contribution in [0.1, 0.15) is 30.9 Å². The Hall–Kier alpha value is -3.13. The maximum absolute atomic E-state index is 13.3. The van der Waals surface area contributed by atoms with E-state index in [9.17, 15) is 14.4 Å². The zero-order valence-corrected chi connectivity index (χ0v) is 19.3. The van der Waals surface area contributed by atoms with E-state index in [0.29, 0.717) is 41.3 Å². The molecule has 32 heavy (non-hydrogen) atoms. The van der Waals surface area contributed by atoms with Gasteiger partial charge in [0.1, 0.15) is 0 Å². The van der Waals surface area contributed by atoms with E-state index in [2.05, 4.69) is 10.3 Å². The average Bonchev–Trinajstić information content (AvgIpc) is 2.78. The van der Waals surface area contributed by atoms with Crippen LogP contribution in [0.15, 0.2) is 52.4 Å². The number of aryl methyl sites for hydroxylation is 2. The molecule has 0 aliphatic carbocycles. The zero-order valence-electron chi connectivity index (χ0n) is 18.5. The zero-order chi connectivity index (χ0) is 23.1. The SMILES string of the molecule is CCOC(=O)CCCNC(=O)CSc1nc2ccccc2c(=O)n1-c1ccc(C)c(C)c1. The number of thioether (sulfide) groups is 1. The third-order valence-electron chi connectivity index (χ3n) is 5.01. The van der Waals surface area contributed by atoms with Gasteiger partial charge in [0.15, 0.2) is 5.16 Å². The molecule has 1 N–H and O–H groups in total. The number of aromatic nitrogens is 2. The monoisotopic (exact) mass is 453 g/mol. The smallest absolute Gasteiger partial charge is 0.305 e. The molecule has 0 fully saturated rings. The molecule has 168 valence electrons. The van der Waals surface area contributed by atoms with Crippen molar-refractivity contribution in [3.05, 3.63) is 63.9 Å². The molecule has 0 bridgehead atoms. The van der Waals surface area contributed by atoms with E-state index < -0.39 is 0 Å². The maximum Gasteiger partial charge on any atom is 0.305 e. The van der Waals surface area contributed by atoms with Crippen LogP contribution in [0.3, 0.4) is 0 Å². The molecule has 7 nitrogen and oxygen atoms in total. The van der Waals surface area contributed by atoms with Gasteiger partial charge in [0, 0.05) is 13.0 Å². The molecule has 2 aromatic carbocycles. The van der Waals surface area contributed by atoms with E-state index in [1.165, 1.54) is 11.8 Å². The molecule has 1 aromatic heterocycles. The van der Waals surface area contributed by atoms with Gasteiger partial charge in [-0.05, 0) is 62.6 Å². The van der Waals surface area contributed by atoms with Gasteiger partial charge in [-0.15, -0.1) is 0 Å². The Balaban J connectivity index is 1.78. The predicted molar refractivity (Wildman–Crippen MR) is 126 cm³/mol. The average molecular weight is 454 g/mol. The number of carbonyl (C=O) groups is 2. The van der Waals surface area contributed by atoms with Gasteiger partial charge in [0.05, 0.1) is 29.0 Å². The summed E-state index contributed by atoms with van der Waals surface area (Å²) in [4.78, 5) is 41.6. The molecular weight excluding hydrogens is 426 g/mol. The largest absolute Gasteiger partial charge is 0.466 e. The van der Waals surface area contributed by atoms with Crippen molar-refractivity contribution in [3.63, 3.8) is 0 Å². The van der Waals surface area contributed by atoms with Gasteiger partial charge in [0.25, 0.3) is 5.56 Å². The highest BCUT2D eigenvalue weighted by atomic mass is 32.2. The van der Waals surface area contributed by atoms with Crippen LogP contribution in [0.4, 0.5) is 0 Å². The third kappa shape index (κ3) is 5.76. The van der Waals surface area contributed by atoms with Crippen LogP contribution in [0.25, 0.3) is 16.6 Å². The number of esters is 1. The first-order chi connectivity index (χ1) is 15.4. The fourth-order valence-electron chi connectivity index (χ4n) is 3.18. The van der Waals surface area contributed by atoms with Gasteiger partial charge in [-0.25, -0.2) is 4.98 Å². The molecule has 0 aliphatic heterocycles. The number of para-hydroxylation sites is 1. The Bertz CT molecular complexity index is 1190. The number of ether oxygens (including phenoxy) is 1. The predicted octanol–water partition coefficient (Wildman–Crippen LogP) is 3.55. The number of hydrogen-bond donors (Lipinski definition) is 1. The summed E-state index contributed by atoms with van der Waals surface area (Å²) < 4.78 is 6.44. The Morgan fingerprint density at radius 1 is 1.12 bits per heavy atom. The topological polar surface area (TPSA) is 90.3 Å². The second-order valence-electron chi connectivity index (χ2n) is 7.37. The summed E-state index contributed by atoms with van der Waals surface area (Å²) in [6, 6.07) is 13.0. The van der Waals surface area contributed by atoms with Crippen LogP contribution in [0.5, 0.6) is 0 Å². The molecule has 0 unspecified atom stereocenters. The first-order valence-electron chi connectivity index (χ1n) is 10.5. The quantitative estimate of drug-likeness (QED) is 0.231. The first kappa shape index (κ1) is 23.5. The minimum atomic E-state index is -0.270. The fourth-order valence-corrected chi connectivity index (χ4v) is 4.02. The maximum atomic E-state index is 13.3. The van der Waals surface area contributed by atoms with Gasteiger partial charge in [-0.3, -0.25) is 19.0 Å². The Kier molecular flexibility index (Phi) is 8.05. The molecule has 0 radical (unpaired) electrons. The van der Waals surface area contributed by atoms with Gasteiger partial charge in [-0.1, -0.05) is 30.0 Å². The summed E-state index contributed by atoms with van der Waals surface area (Å²) in [5, 5.41) is 3.78. The standard InChI is InChI=1S/C24H27N3O4S/c1-4-31-22(29)10-7-13-25-21(28)15-32-24-26-20-9-6-5-8-19(20)23(30)27(24)18-12-11-16(2)17(3)14-18/h5-6,8-9,11-12,14H,4,7,10,13,15H2,1-3H3,(H,25,28). The van der Waals surface area contributed by atoms with Gasteiger partial charge >= 0.3 is 5.97 Å². The molecular formula is C24H27N3O4S.